The number of hydrogen-bond acceptors (Lipinski definition) is 2. The fourth-order valence-corrected chi connectivity index (χ4v) is 1.70. The molecule has 0 radical (unpaired) electrons. The summed E-state index contributed by atoms with van der Waals surface area (Å²) in [6.07, 6.45) is 3.50. The van der Waals surface area contributed by atoms with E-state index in [1.807, 2.05) is 13.3 Å². The van der Waals surface area contributed by atoms with Gasteiger partial charge < -0.3 is 9.30 Å². The summed E-state index contributed by atoms with van der Waals surface area (Å²) in [5, 5.41) is 0. The summed E-state index contributed by atoms with van der Waals surface area (Å²) in [5.74, 6) is 0. The van der Waals surface area contributed by atoms with E-state index in [4.69, 9.17) is 4.74 Å². The van der Waals surface area contributed by atoms with Crippen molar-refractivity contribution in [3.63, 3.8) is 0 Å². The molecule has 1 unspecified atom stereocenters. The van der Waals surface area contributed by atoms with Gasteiger partial charge in [0.25, 0.3) is 0 Å². The number of hydrogen-bond donors (Lipinski definition) is 0. The molecule has 66 valence electrons. The van der Waals surface area contributed by atoms with E-state index in [9.17, 15) is 0 Å². The lowest BCUT2D eigenvalue weighted by Crippen LogP contribution is -2.31. The fourth-order valence-electron chi connectivity index (χ4n) is 1.24. The number of rotatable bonds is 2. The predicted octanol–water partition coefficient (Wildman–Crippen LogP) is 1.59. The Morgan fingerprint density at radius 1 is 1.83 bits per heavy atom. The highest BCUT2D eigenvalue weighted by atomic mass is 127. The van der Waals surface area contributed by atoms with Gasteiger partial charge in [0.2, 0.25) is 0 Å². The van der Waals surface area contributed by atoms with E-state index in [2.05, 4.69) is 32.1 Å². The molecule has 3 nitrogen and oxygen atoms in total. The van der Waals surface area contributed by atoms with Crippen molar-refractivity contribution < 1.29 is 4.74 Å². The summed E-state index contributed by atoms with van der Waals surface area (Å²) in [4.78, 5) is 4.23. The quantitative estimate of drug-likeness (QED) is 0.768. The van der Waals surface area contributed by atoms with Gasteiger partial charge in [0.05, 0.1) is 24.7 Å². The molecular weight excluding hydrogens is 267 g/mol. The summed E-state index contributed by atoms with van der Waals surface area (Å²) >= 11 is 2.32. The molecule has 0 saturated carbocycles. The largest absolute Gasteiger partial charge is 0.376 e. The average molecular weight is 278 g/mol. The van der Waals surface area contributed by atoms with Crippen molar-refractivity contribution in [3.8, 4) is 0 Å². The zero-order valence-electron chi connectivity index (χ0n) is 6.96. The molecule has 1 fully saturated rings. The Balaban J connectivity index is 2.06. The lowest BCUT2D eigenvalue weighted by molar-refractivity contribution is -0.0595. The minimum absolute atomic E-state index is 0.423. The predicted molar refractivity (Wildman–Crippen MR) is 54.0 cm³/mol. The summed E-state index contributed by atoms with van der Waals surface area (Å²) in [6, 6.07) is 0. The maximum Gasteiger partial charge on any atom is 0.103 e. The zero-order valence-corrected chi connectivity index (χ0v) is 9.11. The van der Waals surface area contributed by atoms with Crippen molar-refractivity contribution in [3.05, 3.63) is 15.7 Å². The van der Waals surface area contributed by atoms with Crippen LogP contribution in [0.3, 0.4) is 0 Å². The van der Waals surface area contributed by atoms with Crippen LogP contribution in [0, 0.1) is 10.6 Å². The second kappa shape index (κ2) is 3.33. The van der Waals surface area contributed by atoms with E-state index in [1.54, 1.807) is 0 Å². The van der Waals surface area contributed by atoms with Crippen LogP contribution in [0.4, 0.5) is 0 Å². The molecule has 0 spiro atoms. The molecule has 4 heteroatoms. The standard InChI is InChI=1S/C8H11IN2O/c1-6-8(9)11(5-10-6)4-7-2-3-12-7/h5,7H,2-4H2,1H3. The maximum absolute atomic E-state index is 5.35. The van der Waals surface area contributed by atoms with Crippen molar-refractivity contribution in [1.29, 1.82) is 0 Å². The topological polar surface area (TPSA) is 27.1 Å². The normalized spacial score (nSPS) is 22.3. The van der Waals surface area contributed by atoms with Gasteiger partial charge in [0, 0.05) is 6.61 Å². The van der Waals surface area contributed by atoms with Gasteiger partial charge >= 0.3 is 0 Å². The Morgan fingerprint density at radius 2 is 2.58 bits per heavy atom. The van der Waals surface area contributed by atoms with Gasteiger partial charge in [-0.1, -0.05) is 0 Å². The first-order valence-electron chi connectivity index (χ1n) is 4.06. The van der Waals surface area contributed by atoms with Crippen LogP contribution in [0.5, 0.6) is 0 Å². The first-order valence-corrected chi connectivity index (χ1v) is 5.14. The number of halogens is 1. The van der Waals surface area contributed by atoms with Gasteiger partial charge in [-0.05, 0) is 35.9 Å². The lowest BCUT2D eigenvalue weighted by atomic mass is 10.2. The SMILES string of the molecule is Cc1ncn(CC2CCO2)c1I. The van der Waals surface area contributed by atoms with Crippen molar-refractivity contribution in [2.75, 3.05) is 6.61 Å². The number of aromatic nitrogens is 2. The van der Waals surface area contributed by atoms with E-state index in [0.717, 1.165) is 18.8 Å². The van der Waals surface area contributed by atoms with Crippen molar-refractivity contribution in [2.24, 2.45) is 0 Å². The highest BCUT2D eigenvalue weighted by molar-refractivity contribution is 14.1. The van der Waals surface area contributed by atoms with Crippen molar-refractivity contribution >= 4 is 22.6 Å². The van der Waals surface area contributed by atoms with Crippen LogP contribution in [-0.4, -0.2) is 22.3 Å². The molecule has 2 heterocycles. The van der Waals surface area contributed by atoms with Gasteiger partial charge in [-0.3, -0.25) is 0 Å². The second-order valence-corrected chi connectivity index (χ2v) is 4.08. The number of imidazole rings is 1. The summed E-state index contributed by atoms with van der Waals surface area (Å²) in [6.45, 7) is 3.91. The van der Waals surface area contributed by atoms with Gasteiger partial charge in [0.15, 0.2) is 0 Å². The third kappa shape index (κ3) is 1.50. The van der Waals surface area contributed by atoms with E-state index in [1.165, 1.54) is 10.1 Å². The molecule has 1 aromatic heterocycles. The Hall–Kier alpha value is -0.100. The molecule has 0 amide bonds. The van der Waals surface area contributed by atoms with E-state index in [0.29, 0.717) is 6.10 Å². The van der Waals surface area contributed by atoms with Gasteiger partial charge in [-0.15, -0.1) is 0 Å². The molecule has 0 aromatic carbocycles. The van der Waals surface area contributed by atoms with Crippen LogP contribution < -0.4 is 0 Å². The lowest BCUT2D eigenvalue weighted by Gasteiger charge is -2.26. The molecule has 0 N–H and O–H groups in total. The Morgan fingerprint density at radius 3 is 3.00 bits per heavy atom. The summed E-state index contributed by atoms with van der Waals surface area (Å²) in [5.41, 5.74) is 1.11. The van der Waals surface area contributed by atoms with E-state index < -0.39 is 0 Å². The maximum atomic E-state index is 5.35. The fraction of sp³-hybridized carbons (Fsp3) is 0.625. The molecule has 1 aliphatic heterocycles. The molecule has 1 atom stereocenters. The van der Waals surface area contributed by atoms with Gasteiger partial charge in [-0.2, -0.15) is 0 Å². The number of aryl methyl sites for hydroxylation is 1. The van der Waals surface area contributed by atoms with Crippen LogP contribution in [-0.2, 0) is 11.3 Å². The van der Waals surface area contributed by atoms with Crippen LogP contribution >= 0.6 is 22.6 Å². The smallest absolute Gasteiger partial charge is 0.103 e. The molecule has 0 aliphatic carbocycles. The minimum atomic E-state index is 0.423. The zero-order chi connectivity index (χ0) is 8.55. The van der Waals surface area contributed by atoms with Crippen molar-refractivity contribution in [2.45, 2.75) is 26.0 Å². The molecular formula is C8H11IN2O. The molecule has 2 rings (SSSR count). The highest BCUT2D eigenvalue weighted by Crippen LogP contribution is 2.16. The summed E-state index contributed by atoms with van der Waals surface area (Å²) < 4.78 is 8.72. The Labute approximate surface area is 85.3 Å². The number of ether oxygens (including phenoxy) is 1. The molecule has 12 heavy (non-hydrogen) atoms. The Bertz CT molecular complexity index is 281. The van der Waals surface area contributed by atoms with Gasteiger partial charge in [-0.25, -0.2) is 4.98 Å². The minimum Gasteiger partial charge on any atom is -0.376 e. The second-order valence-electron chi connectivity index (χ2n) is 3.05. The van der Waals surface area contributed by atoms with Crippen LogP contribution in [0.25, 0.3) is 0 Å². The number of nitrogens with zero attached hydrogens (tertiary/aromatic N) is 2. The van der Waals surface area contributed by atoms with Crippen molar-refractivity contribution in [1.82, 2.24) is 9.55 Å². The van der Waals surface area contributed by atoms with E-state index >= 15 is 0 Å². The van der Waals surface area contributed by atoms with Gasteiger partial charge in [0.1, 0.15) is 3.70 Å². The average Bonchev–Trinajstić information content (AvgIpc) is 2.27. The molecule has 1 saturated heterocycles. The van der Waals surface area contributed by atoms with Crippen LogP contribution in [0.1, 0.15) is 12.1 Å². The molecule has 1 aromatic rings. The first-order chi connectivity index (χ1) is 5.77. The first kappa shape index (κ1) is 8.50. The Kier molecular flexibility index (Phi) is 2.36. The third-order valence-electron chi connectivity index (χ3n) is 2.14. The monoisotopic (exact) mass is 278 g/mol. The molecule has 1 aliphatic rings. The molecule has 0 bridgehead atoms. The van der Waals surface area contributed by atoms with Crippen LogP contribution in [0.15, 0.2) is 6.33 Å². The highest BCUT2D eigenvalue weighted by Gasteiger charge is 2.19. The summed E-state index contributed by atoms with van der Waals surface area (Å²) in [7, 11) is 0. The third-order valence-corrected chi connectivity index (χ3v) is 3.54. The van der Waals surface area contributed by atoms with E-state index in [-0.39, 0.29) is 0 Å². The van der Waals surface area contributed by atoms with Crippen LogP contribution in [0.2, 0.25) is 0 Å².